The van der Waals surface area contributed by atoms with Crippen molar-refractivity contribution in [2.45, 2.75) is 78.6 Å². The van der Waals surface area contributed by atoms with Crippen LogP contribution in [0.1, 0.15) is 0 Å². The molecule has 0 spiro atoms. The van der Waals surface area contributed by atoms with Crippen LogP contribution in [-0.2, 0) is 72.6 Å². The third-order valence-electron chi connectivity index (χ3n) is 8.87. The van der Waals surface area contributed by atoms with Gasteiger partial charge in [-0.05, 0) is 0 Å². The summed E-state index contributed by atoms with van der Waals surface area (Å²) >= 11 is 0. The second kappa shape index (κ2) is 18.8. The number of hydrogen-bond donors (Lipinski definition) is 0. The van der Waals surface area contributed by atoms with Gasteiger partial charge in [0.05, 0.1) is 52.5 Å². The van der Waals surface area contributed by atoms with E-state index in [9.17, 15) is 0 Å². The zero-order valence-electron chi connectivity index (χ0n) is 34.3. The van der Waals surface area contributed by atoms with Crippen molar-refractivity contribution in [3.05, 3.63) is 84.9 Å². The third-order valence-corrected chi connectivity index (χ3v) is 17.0. The van der Waals surface area contributed by atoms with Crippen molar-refractivity contribution in [2.75, 3.05) is 12.5 Å². The van der Waals surface area contributed by atoms with Crippen LogP contribution in [-0.4, -0.2) is 70.7 Å². The average molecular weight is 992 g/mol. The molecule has 0 aliphatic rings. The Morgan fingerprint density at radius 2 is 0.537 bits per heavy atom. The summed E-state index contributed by atoms with van der Waals surface area (Å²) in [5.74, 6) is 0. The summed E-state index contributed by atoms with van der Waals surface area (Å²) in [6.07, 6.45) is 1.21. The van der Waals surface area contributed by atoms with E-state index in [1.807, 2.05) is 0 Å². The molecule has 6 aromatic carbocycles. The minimum atomic E-state index is -3.92. The second-order valence-corrected chi connectivity index (χ2v) is 41.0. The summed E-state index contributed by atoms with van der Waals surface area (Å²) in [5.41, 5.74) is 0. The molecule has 0 saturated heterocycles. The summed E-state index contributed by atoms with van der Waals surface area (Å²) in [4.78, 5) is 0. The maximum absolute atomic E-state index is 9.08. The van der Waals surface area contributed by atoms with Crippen LogP contribution < -0.4 is 20.7 Å². The van der Waals surface area contributed by atoms with Gasteiger partial charge in [0.25, 0.3) is 0 Å². The number of rotatable bonds is 4. The first-order chi connectivity index (χ1) is 23.3. The molecule has 6 nitrogen and oxygen atoms in total. The molecule has 0 heterocycles. The van der Waals surface area contributed by atoms with Gasteiger partial charge < -0.3 is 9.11 Å². The number of benzene rings is 4. The first-order valence-electron chi connectivity index (χ1n) is 17.4. The Balaban J connectivity index is 0.000000420. The van der Waals surface area contributed by atoms with Gasteiger partial charge in [-0.1, -0.05) is 148 Å². The largest absolute Gasteiger partial charge is 2.00 e. The van der Waals surface area contributed by atoms with Crippen LogP contribution in [0.2, 0.25) is 78.6 Å². The van der Waals surface area contributed by atoms with Crippen molar-refractivity contribution in [1.82, 2.24) is 0 Å². The maximum atomic E-state index is 9.08. The van der Waals surface area contributed by atoms with E-state index in [2.05, 4.69) is 163 Å². The Kier molecular flexibility index (Phi) is 17.8. The van der Waals surface area contributed by atoms with E-state index in [0.717, 1.165) is 0 Å². The first kappa shape index (κ1) is 51.1. The van der Waals surface area contributed by atoms with E-state index < -0.39 is 52.5 Å². The topological polar surface area (TPSA) is 114 Å². The molecule has 14 heteroatoms. The smallest absolute Gasteiger partial charge is 0.748 e. The van der Waals surface area contributed by atoms with Crippen LogP contribution in [0.3, 0.4) is 0 Å². The quantitative estimate of drug-likeness (QED) is 0.101. The first-order valence-corrected chi connectivity index (χ1v) is 35.1. The van der Waals surface area contributed by atoms with Gasteiger partial charge in [-0.3, -0.25) is 0 Å². The number of fused-ring (bicyclic) bond motifs is 6. The van der Waals surface area contributed by atoms with Crippen LogP contribution in [0.15, 0.2) is 84.9 Å². The fourth-order valence-corrected chi connectivity index (χ4v) is 10.6. The molecule has 0 bridgehead atoms. The summed E-state index contributed by atoms with van der Waals surface area (Å²) in [6, 6.07) is 33.2. The molecule has 0 atom stereocenters. The van der Waals surface area contributed by atoms with Crippen molar-refractivity contribution in [3.63, 3.8) is 0 Å². The van der Waals surface area contributed by atoms with Crippen LogP contribution in [0.25, 0.3) is 43.1 Å². The monoisotopic (exact) mass is 988 g/mol. The summed E-state index contributed by atoms with van der Waals surface area (Å²) in [6.45, 7) is 29.0. The summed E-state index contributed by atoms with van der Waals surface area (Å²) < 4.78 is 54.5. The molecule has 0 N–H and O–H groups in total. The van der Waals surface area contributed by atoms with Crippen molar-refractivity contribution < 1.29 is 78.3 Å². The molecule has 0 saturated carbocycles. The van der Waals surface area contributed by atoms with Gasteiger partial charge in [0.15, 0.2) is 0 Å². The van der Waals surface area contributed by atoms with E-state index in [4.69, 9.17) is 25.9 Å². The number of hydrogen-bond acceptors (Lipinski definition) is 6. The van der Waals surface area contributed by atoms with Crippen LogP contribution in [0, 0.1) is 0 Å². The molecule has 6 rings (SSSR count). The van der Waals surface area contributed by atoms with E-state index >= 15 is 0 Å². The molecule has 0 radical (unpaired) electrons. The minimum absolute atomic E-state index is 0. The molecular weight excluding hydrogens is 935 g/mol. The summed E-state index contributed by atoms with van der Waals surface area (Å²) in [7, 11) is -12.8. The maximum Gasteiger partial charge on any atom is 2.00 e. The van der Waals surface area contributed by atoms with Gasteiger partial charge in [-0.15, -0.1) is 79.5 Å². The Bertz CT molecular complexity index is 2100. The standard InChI is InChI=1S/2C19H25Si2.2CH4O3S.2Zr/c2*1-20(2,3)16-7-9-18-14(12-16)11-15-13-17(21(4,5)6)8-10-19(15)18;2*1-5(2,3)4;;/h2*7-13H,1-6H3;2*1H3,(H,2,3,4);;/q2*-1;;;2*+2/p-2. The minimum Gasteiger partial charge on any atom is -0.748 e. The SMILES string of the molecule is CS(=O)(=O)[O-].CS(=O)(=O)[O-].C[Si](C)(C)c1ccc2c(c1)[cH-]c1cc([Si](C)(C)C)ccc12.C[Si](C)(C)c1ccc2c(c1)[cH-]c1cc([Si](C)(C)C)ccc12.[Zr+2].[Zr+2]. The molecule has 6 aromatic rings. The van der Waals surface area contributed by atoms with Gasteiger partial charge in [0.1, 0.15) is 0 Å². The van der Waals surface area contributed by atoms with Crippen molar-refractivity contribution in [3.8, 4) is 0 Å². The molecule has 0 unspecified atom stereocenters. The Labute approximate surface area is 367 Å². The Morgan fingerprint density at radius 3 is 0.667 bits per heavy atom. The average Bonchev–Trinajstić information content (AvgIpc) is 3.50. The second-order valence-electron chi connectivity index (χ2n) is 17.9. The van der Waals surface area contributed by atoms with Gasteiger partial charge >= 0.3 is 52.4 Å². The zero-order valence-corrected chi connectivity index (χ0v) is 44.9. The molecule has 0 amide bonds. The molecule has 54 heavy (non-hydrogen) atoms. The zero-order chi connectivity index (χ0) is 39.8. The Hall–Kier alpha value is -0.926. The van der Waals surface area contributed by atoms with Gasteiger partial charge in [-0.25, -0.2) is 16.8 Å². The van der Waals surface area contributed by atoms with Gasteiger partial charge in [-0.2, -0.15) is 0 Å². The van der Waals surface area contributed by atoms with Gasteiger partial charge in [0, 0.05) is 12.5 Å². The third kappa shape index (κ3) is 15.4. The van der Waals surface area contributed by atoms with Crippen molar-refractivity contribution in [1.29, 1.82) is 0 Å². The molecule has 0 aliphatic heterocycles. The molecule has 0 aliphatic carbocycles. The summed E-state index contributed by atoms with van der Waals surface area (Å²) in [5, 5.41) is 17.5. The normalized spacial score (nSPS) is 12.4. The molecule has 0 fully saturated rings. The fraction of sp³-hybridized carbons (Fsp3) is 0.350. The predicted molar refractivity (Wildman–Crippen MR) is 237 cm³/mol. The van der Waals surface area contributed by atoms with Crippen molar-refractivity contribution in [2.24, 2.45) is 0 Å². The Morgan fingerprint density at radius 1 is 0.389 bits per heavy atom. The molecule has 288 valence electrons. The predicted octanol–water partition coefficient (Wildman–Crippen LogP) is 7.92. The van der Waals surface area contributed by atoms with Gasteiger partial charge in [0.2, 0.25) is 0 Å². The van der Waals surface area contributed by atoms with E-state index in [-0.39, 0.29) is 52.4 Å². The van der Waals surface area contributed by atoms with Crippen LogP contribution >= 0.6 is 0 Å². The molecule has 0 aromatic heterocycles. The fourth-order valence-electron chi connectivity index (χ4n) is 5.91. The van der Waals surface area contributed by atoms with E-state index in [0.29, 0.717) is 12.5 Å². The van der Waals surface area contributed by atoms with Crippen LogP contribution in [0.4, 0.5) is 0 Å². The van der Waals surface area contributed by atoms with Crippen molar-refractivity contribution >= 4 is 116 Å². The van der Waals surface area contributed by atoms with E-state index in [1.165, 1.54) is 43.1 Å². The molecular formula is C40H56O6S2Si4Zr2. The van der Waals surface area contributed by atoms with Crippen LogP contribution in [0.5, 0.6) is 0 Å². The van der Waals surface area contributed by atoms with E-state index in [1.54, 1.807) is 20.7 Å².